The summed E-state index contributed by atoms with van der Waals surface area (Å²) in [5.41, 5.74) is -0.287. The van der Waals surface area contributed by atoms with Gasteiger partial charge in [-0.15, -0.1) is 0 Å². The number of ether oxygens (including phenoxy) is 1. The first-order chi connectivity index (χ1) is 9.08. The number of aliphatic imine (C=N–C) groups is 1. The fraction of sp³-hybridized carbons (Fsp3) is 0.909. The summed E-state index contributed by atoms with van der Waals surface area (Å²) < 4.78 is 7.30. The van der Waals surface area contributed by atoms with Gasteiger partial charge in [-0.1, -0.05) is 18.7 Å². The average molecular weight is 310 g/mol. The zero-order chi connectivity index (χ0) is 14.0. The molecule has 5 atom stereocenters. The molecule has 0 amide bonds. The van der Waals surface area contributed by atoms with Gasteiger partial charge >= 0.3 is 0 Å². The zero-order valence-electron chi connectivity index (χ0n) is 11.0. The smallest absolute Gasteiger partial charge is 0.177 e. The van der Waals surface area contributed by atoms with Crippen molar-refractivity contribution in [2.24, 2.45) is 4.99 Å². The Kier molecular flexibility index (Phi) is 5.33. The van der Waals surface area contributed by atoms with Gasteiger partial charge in [0.15, 0.2) is 5.17 Å². The monoisotopic (exact) mass is 309 g/mol. The second-order valence-corrected chi connectivity index (χ2v) is 6.00. The lowest BCUT2D eigenvalue weighted by atomic mass is 9.98. The highest BCUT2D eigenvalue weighted by Crippen LogP contribution is 2.37. The first-order valence-electron chi connectivity index (χ1n) is 6.48. The summed E-state index contributed by atoms with van der Waals surface area (Å²) in [7, 11) is 0. The minimum atomic E-state index is -0.936. The minimum Gasteiger partial charge on any atom is -0.388 e. The van der Waals surface area contributed by atoms with E-state index < -0.39 is 24.4 Å². The number of aliphatic hydroxyl groups excluding tert-OH is 2. The molecular formula is C11H20ClN3O3S. The Morgan fingerprint density at radius 3 is 2.79 bits per heavy atom. The predicted octanol–water partition coefficient (Wildman–Crippen LogP) is -0.0103. The second-order valence-electron chi connectivity index (χ2n) is 4.53. The Bertz CT molecular complexity index is 347. The third kappa shape index (κ3) is 3.17. The van der Waals surface area contributed by atoms with Crippen molar-refractivity contribution in [3.8, 4) is 0 Å². The number of nitrogens with zero attached hydrogens (tertiary/aromatic N) is 2. The van der Waals surface area contributed by atoms with Gasteiger partial charge in [-0.05, 0) is 13.5 Å². The number of amidine groups is 1. The number of fused-ring (bicyclic) bond motifs is 1. The SMILES string of the molecule is CCNC[C@H]1O[C@@H]2SC(N(Cl)CC)=N[C@@H]2[C@@H](O)[C@@H]1O. The van der Waals surface area contributed by atoms with Crippen molar-refractivity contribution in [1.29, 1.82) is 0 Å². The first kappa shape index (κ1) is 15.3. The van der Waals surface area contributed by atoms with E-state index in [1.54, 1.807) is 0 Å². The summed E-state index contributed by atoms with van der Waals surface area (Å²) in [6.45, 7) is 5.81. The average Bonchev–Trinajstić information content (AvgIpc) is 2.84. The highest BCUT2D eigenvalue weighted by molar-refractivity contribution is 8.14. The van der Waals surface area contributed by atoms with E-state index in [9.17, 15) is 10.2 Å². The molecule has 0 aromatic carbocycles. The minimum absolute atomic E-state index is 0.287. The Morgan fingerprint density at radius 2 is 2.16 bits per heavy atom. The van der Waals surface area contributed by atoms with Crippen molar-refractivity contribution in [2.45, 2.75) is 43.6 Å². The van der Waals surface area contributed by atoms with Crippen LogP contribution in [0.5, 0.6) is 0 Å². The molecule has 1 saturated heterocycles. The summed E-state index contributed by atoms with van der Waals surface area (Å²) >= 11 is 7.40. The lowest BCUT2D eigenvalue weighted by Crippen LogP contribution is -2.57. The Morgan fingerprint density at radius 1 is 1.42 bits per heavy atom. The molecule has 0 aliphatic carbocycles. The van der Waals surface area contributed by atoms with Gasteiger partial charge in [0.2, 0.25) is 0 Å². The fourth-order valence-corrected chi connectivity index (χ4v) is 3.48. The van der Waals surface area contributed by atoms with Crippen LogP contribution in [0.3, 0.4) is 0 Å². The highest BCUT2D eigenvalue weighted by atomic mass is 35.5. The van der Waals surface area contributed by atoms with Crippen LogP contribution < -0.4 is 5.32 Å². The lowest BCUT2D eigenvalue weighted by Gasteiger charge is -2.38. The van der Waals surface area contributed by atoms with Gasteiger partial charge in [0.05, 0.1) is 0 Å². The quantitative estimate of drug-likeness (QED) is 0.634. The molecule has 0 aromatic heterocycles. The maximum absolute atomic E-state index is 10.2. The Balaban J connectivity index is 2.04. The molecule has 3 N–H and O–H groups in total. The topological polar surface area (TPSA) is 77.3 Å². The molecule has 19 heavy (non-hydrogen) atoms. The van der Waals surface area contributed by atoms with E-state index in [4.69, 9.17) is 16.5 Å². The van der Waals surface area contributed by atoms with Gasteiger partial charge in [-0.3, -0.25) is 9.41 Å². The summed E-state index contributed by atoms with van der Waals surface area (Å²) in [5.74, 6) is 0. The molecule has 1 fully saturated rings. The van der Waals surface area contributed by atoms with Crippen LogP contribution in [-0.4, -0.2) is 69.2 Å². The molecule has 6 nitrogen and oxygen atoms in total. The van der Waals surface area contributed by atoms with Gasteiger partial charge < -0.3 is 20.3 Å². The van der Waals surface area contributed by atoms with Crippen molar-refractivity contribution in [3.63, 3.8) is 0 Å². The number of thioether (sulfide) groups is 1. The molecule has 0 aromatic rings. The summed E-state index contributed by atoms with van der Waals surface area (Å²) in [4.78, 5) is 4.35. The predicted molar refractivity (Wildman–Crippen MR) is 76.3 cm³/mol. The van der Waals surface area contributed by atoms with Gasteiger partial charge in [0.25, 0.3) is 0 Å². The third-order valence-electron chi connectivity index (χ3n) is 3.23. The number of likely N-dealkylation sites (N-methyl/N-ethyl adjacent to an activating group) is 1. The Hall–Kier alpha value is -0.0500. The van der Waals surface area contributed by atoms with E-state index in [1.807, 2.05) is 13.8 Å². The zero-order valence-corrected chi connectivity index (χ0v) is 12.6. The van der Waals surface area contributed by atoms with E-state index in [-0.39, 0.29) is 5.44 Å². The van der Waals surface area contributed by atoms with Gasteiger partial charge in [-0.2, -0.15) is 0 Å². The largest absolute Gasteiger partial charge is 0.388 e. The van der Waals surface area contributed by atoms with Crippen molar-refractivity contribution >= 4 is 28.7 Å². The molecule has 2 rings (SSSR count). The van der Waals surface area contributed by atoms with E-state index >= 15 is 0 Å². The summed E-state index contributed by atoms with van der Waals surface area (Å²) in [5, 5.41) is 24.0. The number of aliphatic hydroxyl groups is 2. The molecule has 0 unspecified atom stereocenters. The van der Waals surface area contributed by atoms with Crippen LogP contribution in [0.15, 0.2) is 4.99 Å². The normalized spacial score (nSPS) is 37.9. The van der Waals surface area contributed by atoms with Crippen LogP contribution in [0.1, 0.15) is 13.8 Å². The number of hydrogen-bond donors (Lipinski definition) is 3. The molecule has 2 aliphatic heterocycles. The van der Waals surface area contributed by atoms with Crippen molar-refractivity contribution in [3.05, 3.63) is 0 Å². The lowest BCUT2D eigenvalue weighted by molar-refractivity contribution is -0.150. The maximum atomic E-state index is 10.2. The maximum Gasteiger partial charge on any atom is 0.177 e. The van der Waals surface area contributed by atoms with Crippen LogP contribution in [0.4, 0.5) is 0 Å². The van der Waals surface area contributed by atoms with Gasteiger partial charge in [-0.25, -0.2) is 0 Å². The number of halogens is 1. The molecule has 0 saturated carbocycles. The summed E-state index contributed by atoms with van der Waals surface area (Å²) in [6, 6.07) is -0.458. The number of nitrogens with one attached hydrogen (secondary N) is 1. The van der Waals surface area contributed by atoms with Crippen LogP contribution in [-0.2, 0) is 4.74 Å². The van der Waals surface area contributed by atoms with Crippen LogP contribution >= 0.6 is 23.5 Å². The van der Waals surface area contributed by atoms with E-state index in [1.165, 1.54) is 16.2 Å². The number of rotatable bonds is 4. The molecule has 0 bridgehead atoms. The van der Waals surface area contributed by atoms with E-state index in [0.717, 1.165) is 6.54 Å². The number of hydrogen-bond acceptors (Lipinski definition) is 7. The van der Waals surface area contributed by atoms with Gasteiger partial charge in [0, 0.05) is 24.9 Å². The Labute approximate surface area is 122 Å². The molecule has 8 heteroatoms. The van der Waals surface area contributed by atoms with Crippen molar-refractivity contribution in [1.82, 2.24) is 9.74 Å². The molecule has 0 spiro atoms. The molecule has 2 aliphatic rings. The van der Waals surface area contributed by atoms with Gasteiger partial charge in [0.1, 0.15) is 29.8 Å². The van der Waals surface area contributed by atoms with E-state index in [2.05, 4.69) is 10.3 Å². The van der Waals surface area contributed by atoms with E-state index in [0.29, 0.717) is 18.3 Å². The molecule has 0 radical (unpaired) electrons. The molecular weight excluding hydrogens is 290 g/mol. The standard InChI is InChI=1S/C11H20ClN3O3S/c1-3-13-5-6-8(16)9(17)7-10(18-6)19-11(14-7)15(12)4-2/h6-10,13,16-17H,3-5H2,1-2H3/t6-,7-,8-,9-,10-/m1/s1. The third-order valence-corrected chi connectivity index (χ3v) is 4.89. The molecule has 110 valence electrons. The van der Waals surface area contributed by atoms with Crippen molar-refractivity contribution in [2.75, 3.05) is 19.6 Å². The van der Waals surface area contributed by atoms with Crippen LogP contribution in [0.2, 0.25) is 0 Å². The highest BCUT2D eigenvalue weighted by Gasteiger charge is 2.48. The van der Waals surface area contributed by atoms with Crippen LogP contribution in [0, 0.1) is 0 Å². The summed E-state index contributed by atoms with van der Waals surface area (Å²) in [6.07, 6.45) is -2.28. The van der Waals surface area contributed by atoms with Crippen LogP contribution in [0.25, 0.3) is 0 Å². The first-order valence-corrected chi connectivity index (χ1v) is 7.70. The molecule has 2 heterocycles. The fourth-order valence-electron chi connectivity index (χ4n) is 2.12. The van der Waals surface area contributed by atoms with Crippen molar-refractivity contribution < 1.29 is 14.9 Å². The second kappa shape index (κ2) is 6.60.